The number of hydrogen-bond acceptors (Lipinski definition) is 5. The Morgan fingerprint density at radius 2 is 1.90 bits per heavy atom. The van der Waals surface area contributed by atoms with Crippen molar-refractivity contribution in [2.45, 2.75) is 50.7 Å². The van der Waals surface area contributed by atoms with Gasteiger partial charge in [-0.2, -0.15) is 13.2 Å². The molecule has 5 N–H and O–H groups in total. The average molecular weight is 404 g/mol. The number of rotatable bonds is 3. The second kappa shape index (κ2) is 7.22. The van der Waals surface area contributed by atoms with Crippen LogP contribution >= 0.6 is 0 Å². The van der Waals surface area contributed by atoms with Crippen LogP contribution in [-0.4, -0.2) is 20.6 Å². The minimum atomic E-state index is -4.43. The number of nitrogen functional groups attached to an aromatic ring is 1. The maximum Gasteiger partial charge on any atom is 0.416 e. The molecule has 1 aromatic carbocycles. The highest BCUT2D eigenvalue weighted by Gasteiger charge is 2.33. The fourth-order valence-electron chi connectivity index (χ4n) is 4.07. The molecule has 154 valence electrons. The van der Waals surface area contributed by atoms with Gasteiger partial charge < -0.3 is 16.8 Å². The molecule has 29 heavy (non-hydrogen) atoms. The summed E-state index contributed by atoms with van der Waals surface area (Å²) >= 11 is 0. The first kappa shape index (κ1) is 19.5. The van der Waals surface area contributed by atoms with E-state index in [0.29, 0.717) is 22.8 Å². The Labute approximate surface area is 166 Å². The Kier molecular flexibility index (Phi) is 4.85. The van der Waals surface area contributed by atoms with Gasteiger partial charge in [-0.05, 0) is 56.2 Å². The summed E-state index contributed by atoms with van der Waals surface area (Å²) in [6, 6.07) is 4.36. The van der Waals surface area contributed by atoms with Crippen LogP contribution in [0.25, 0.3) is 5.65 Å². The van der Waals surface area contributed by atoms with Crippen LogP contribution in [0.2, 0.25) is 0 Å². The number of nitrogens with one attached hydrogen (secondary N) is 1. The van der Waals surface area contributed by atoms with Crippen LogP contribution in [0.5, 0.6) is 0 Å². The van der Waals surface area contributed by atoms with Gasteiger partial charge in [-0.3, -0.25) is 0 Å². The van der Waals surface area contributed by atoms with Gasteiger partial charge in [0.2, 0.25) is 0 Å². The van der Waals surface area contributed by atoms with Gasteiger partial charge in [0.1, 0.15) is 5.82 Å². The lowest BCUT2D eigenvalue weighted by Crippen LogP contribution is -2.26. The number of aryl methyl sites for hydroxylation is 1. The van der Waals surface area contributed by atoms with Gasteiger partial charge in [-0.15, -0.1) is 5.10 Å². The number of alkyl halides is 3. The zero-order chi connectivity index (χ0) is 20.8. The standard InChI is InChI=1S/C20H23F3N6/c1-11-2-7-14(10-15(11)20(21,22)23)27-17-16(12-3-5-13(24)6-4-12)18(25)28-29-9-8-26-19(17)29/h2,7-10,12-13,27H,3-6,24H2,1H3,(H2,25,28)/t12-,13-. The Bertz CT molecular complexity index is 1030. The van der Waals surface area contributed by atoms with E-state index in [4.69, 9.17) is 11.5 Å². The fourth-order valence-corrected chi connectivity index (χ4v) is 4.07. The molecule has 0 aliphatic heterocycles. The number of nitrogens with zero attached hydrogens (tertiary/aromatic N) is 3. The van der Waals surface area contributed by atoms with Crippen molar-refractivity contribution in [2.75, 3.05) is 11.1 Å². The van der Waals surface area contributed by atoms with Crippen LogP contribution < -0.4 is 16.8 Å². The Balaban J connectivity index is 1.81. The molecule has 4 rings (SSSR count). The van der Waals surface area contributed by atoms with E-state index in [9.17, 15) is 13.2 Å². The van der Waals surface area contributed by atoms with Gasteiger partial charge in [0, 0.05) is 29.7 Å². The first-order valence-electron chi connectivity index (χ1n) is 9.57. The third-order valence-electron chi connectivity index (χ3n) is 5.60. The second-order valence-electron chi connectivity index (χ2n) is 7.63. The second-order valence-corrected chi connectivity index (χ2v) is 7.63. The summed E-state index contributed by atoms with van der Waals surface area (Å²) in [6.45, 7) is 1.44. The molecular weight excluding hydrogens is 381 g/mol. The minimum Gasteiger partial charge on any atom is -0.382 e. The monoisotopic (exact) mass is 404 g/mol. The number of anilines is 3. The highest BCUT2D eigenvalue weighted by atomic mass is 19.4. The molecule has 0 saturated heterocycles. The van der Waals surface area contributed by atoms with Crippen molar-refractivity contribution >= 4 is 22.8 Å². The van der Waals surface area contributed by atoms with Crippen molar-refractivity contribution in [3.05, 3.63) is 47.3 Å². The highest BCUT2D eigenvalue weighted by Crippen LogP contribution is 2.42. The maximum atomic E-state index is 13.4. The van der Waals surface area contributed by atoms with Crippen molar-refractivity contribution in [1.29, 1.82) is 0 Å². The first-order chi connectivity index (χ1) is 13.7. The summed E-state index contributed by atoms with van der Waals surface area (Å²) < 4.78 is 41.6. The van der Waals surface area contributed by atoms with Gasteiger partial charge in [0.05, 0.1) is 11.3 Å². The van der Waals surface area contributed by atoms with E-state index in [0.717, 1.165) is 37.3 Å². The lowest BCUT2D eigenvalue weighted by atomic mass is 9.81. The molecular formula is C20H23F3N6. The van der Waals surface area contributed by atoms with Crippen molar-refractivity contribution in [2.24, 2.45) is 5.73 Å². The summed E-state index contributed by atoms with van der Waals surface area (Å²) in [6.07, 6.45) is 2.25. The van der Waals surface area contributed by atoms with E-state index in [2.05, 4.69) is 15.4 Å². The minimum absolute atomic E-state index is 0.124. The summed E-state index contributed by atoms with van der Waals surface area (Å²) in [5, 5.41) is 7.54. The van der Waals surface area contributed by atoms with E-state index < -0.39 is 11.7 Å². The van der Waals surface area contributed by atoms with Crippen LogP contribution in [0.1, 0.15) is 48.3 Å². The van der Waals surface area contributed by atoms with E-state index >= 15 is 0 Å². The lowest BCUT2D eigenvalue weighted by Gasteiger charge is -2.29. The molecule has 6 nitrogen and oxygen atoms in total. The van der Waals surface area contributed by atoms with Gasteiger partial charge >= 0.3 is 6.18 Å². The van der Waals surface area contributed by atoms with Gasteiger partial charge in [0.25, 0.3) is 0 Å². The number of hydrogen-bond donors (Lipinski definition) is 3. The largest absolute Gasteiger partial charge is 0.416 e. The van der Waals surface area contributed by atoms with Crippen molar-refractivity contribution in [1.82, 2.24) is 14.6 Å². The fraction of sp³-hybridized carbons (Fsp3) is 0.400. The van der Waals surface area contributed by atoms with Crippen molar-refractivity contribution in [3.8, 4) is 0 Å². The van der Waals surface area contributed by atoms with Crippen molar-refractivity contribution in [3.63, 3.8) is 0 Å². The predicted octanol–water partition coefficient (Wildman–Crippen LogP) is 4.37. The van der Waals surface area contributed by atoms with E-state index in [1.165, 1.54) is 17.5 Å². The SMILES string of the molecule is Cc1ccc(Nc2c3nccn3nc(N)c2[C@H]2CC[C@H](N)CC2)cc1C(F)(F)F. The molecule has 1 fully saturated rings. The van der Waals surface area contributed by atoms with Crippen LogP contribution in [0.4, 0.5) is 30.4 Å². The highest BCUT2D eigenvalue weighted by molar-refractivity contribution is 5.81. The average Bonchev–Trinajstić information content (AvgIpc) is 3.12. The third-order valence-corrected chi connectivity index (χ3v) is 5.60. The molecule has 0 atom stereocenters. The Morgan fingerprint density at radius 3 is 2.59 bits per heavy atom. The lowest BCUT2D eigenvalue weighted by molar-refractivity contribution is -0.138. The van der Waals surface area contributed by atoms with Crippen LogP contribution in [0, 0.1) is 6.92 Å². The number of benzene rings is 1. The van der Waals surface area contributed by atoms with E-state index in [1.807, 2.05) is 0 Å². The normalized spacial score (nSPS) is 20.2. The molecule has 1 aliphatic rings. The molecule has 1 aliphatic carbocycles. The molecule has 0 radical (unpaired) electrons. The summed E-state index contributed by atoms with van der Waals surface area (Å²) in [5.74, 6) is 0.473. The Hall–Kier alpha value is -2.81. The number of imidazole rings is 1. The first-order valence-corrected chi connectivity index (χ1v) is 9.57. The third kappa shape index (κ3) is 3.74. The molecule has 1 saturated carbocycles. The quantitative estimate of drug-likeness (QED) is 0.603. The number of aromatic nitrogens is 3. The molecule has 0 unspecified atom stereocenters. The number of fused-ring (bicyclic) bond motifs is 1. The van der Waals surface area contributed by atoms with Gasteiger partial charge in [0.15, 0.2) is 5.65 Å². The van der Waals surface area contributed by atoms with Gasteiger partial charge in [-0.1, -0.05) is 6.07 Å². The van der Waals surface area contributed by atoms with E-state index in [-0.39, 0.29) is 17.5 Å². The topological polar surface area (TPSA) is 94.3 Å². The Morgan fingerprint density at radius 1 is 1.17 bits per heavy atom. The molecule has 0 bridgehead atoms. The summed E-state index contributed by atoms with van der Waals surface area (Å²) in [4.78, 5) is 4.35. The predicted molar refractivity (Wildman–Crippen MR) is 106 cm³/mol. The van der Waals surface area contributed by atoms with E-state index in [1.54, 1.807) is 18.5 Å². The smallest absolute Gasteiger partial charge is 0.382 e. The molecule has 0 spiro atoms. The maximum absolute atomic E-state index is 13.4. The van der Waals surface area contributed by atoms with Gasteiger partial charge in [-0.25, -0.2) is 9.50 Å². The number of nitrogens with two attached hydrogens (primary N) is 2. The molecule has 2 aromatic heterocycles. The zero-order valence-corrected chi connectivity index (χ0v) is 16.0. The molecule has 2 heterocycles. The summed E-state index contributed by atoms with van der Waals surface area (Å²) in [5.41, 5.74) is 14.1. The van der Waals surface area contributed by atoms with Crippen LogP contribution in [0.15, 0.2) is 30.6 Å². The number of halogens is 3. The van der Waals surface area contributed by atoms with Crippen LogP contribution in [-0.2, 0) is 6.18 Å². The molecule has 9 heteroatoms. The molecule has 0 amide bonds. The summed E-state index contributed by atoms with van der Waals surface area (Å²) in [7, 11) is 0. The zero-order valence-electron chi connectivity index (χ0n) is 16.0. The van der Waals surface area contributed by atoms with Crippen molar-refractivity contribution < 1.29 is 13.2 Å². The molecule has 3 aromatic rings. The van der Waals surface area contributed by atoms with Crippen LogP contribution in [0.3, 0.4) is 0 Å².